The van der Waals surface area contributed by atoms with Crippen LogP contribution in [0.5, 0.6) is 5.75 Å². The zero-order valence-electron chi connectivity index (χ0n) is 17.2. The molecule has 1 atom stereocenters. The maximum absolute atomic E-state index is 13.4. The lowest BCUT2D eigenvalue weighted by Crippen LogP contribution is -2.41. The molecule has 160 valence electrons. The van der Waals surface area contributed by atoms with E-state index in [-0.39, 0.29) is 17.7 Å². The summed E-state index contributed by atoms with van der Waals surface area (Å²) in [5.41, 5.74) is 1.28. The minimum atomic E-state index is -3.61. The number of nitrogens with one attached hydrogen (secondary N) is 1. The van der Waals surface area contributed by atoms with Crippen molar-refractivity contribution in [1.82, 2.24) is 10.2 Å². The normalized spacial score (nSPS) is 19.2. The fraction of sp³-hybridized carbons (Fsp3) is 0.435. The minimum absolute atomic E-state index is 0.00736. The fourth-order valence-corrected chi connectivity index (χ4v) is 4.69. The van der Waals surface area contributed by atoms with Gasteiger partial charge in [-0.05, 0) is 62.0 Å². The number of benzene rings is 2. The van der Waals surface area contributed by atoms with Gasteiger partial charge in [-0.2, -0.15) is 8.42 Å². The lowest BCUT2D eigenvalue weighted by Gasteiger charge is -2.27. The molecule has 2 aliphatic rings. The van der Waals surface area contributed by atoms with E-state index in [0.29, 0.717) is 0 Å². The Labute approximate surface area is 178 Å². The maximum atomic E-state index is 13.4. The molecule has 1 aliphatic carbocycles. The van der Waals surface area contributed by atoms with Crippen LogP contribution in [0.15, 0.2) is 54.6 Å². The number of rotatable bonds is 8. The number of likely N-dealkylation sites (tertiary alicyclic amines) is 1. The first kappa shape index (κ1) is 20.9. The highest BCUT2D eigenvalue weighted by Crippen LogP contribution is 2.49. The average molecular weight is 429 g/mol. The van der Waals surface area contributed by atoms with Crippen LogP contribution in [0.25, 0.3) is 0 Å². The predicted octanol–water partition coefficient (Wildman–Crippen LogP) is 3.01. The van der Waals surface area contributed by atoms with E-state index >= 15 is 0 Å². The monoisotopic (exact) mass is 428 g/mol. The van der Waals surface area contributed by atoms with Crippen molar-refractivity contribution in [2.75, 3.05) is 25.9 Å². The highest BCUT2D eigenvalue weighted by molar-refractivity contribution is 7.86. The molecule has 0 radical (unpaired) electrons. The van der Waals surface area contributed by atoms with E-state index in [1.807, 2.05) is 24.3 Å². The Hall–Kier alpha value is -2.38. The number of nitrogens with zero attached hydrogens (tertiary/aromatic N) is 1. The summed E-state index contributed by atoms with van der Waals surface area (Å²) < 4.78 is 28.0. The zero-order valence-corrected chi connectivity index (χ0v) is 18.0. The zero-order chi connectivity index (χ0) is 21.2. The van der Waals surface area contributed by atoms with E-state index in [1.54, 1.807) is 18.2 Å². The summed E-state index contributed by atoms with van der Waals surface area (Å²) in [5, 5.41) is 3.29. The molecule has 30 heavy (non-hydrogen) atoms. The molecule has 0 spiro atoms. The largest absolute Gasteiger partial charge is 0.383 e. The van der Waals surface area contributed by atoms with Crippen LogP contribution in [0.2, 0.25) is 0 Å². The van der Waals surface area contributed by atoms with Gasteiger partial charge in [0.25, 0.3) is 0 Å². The first-order valence-electron chi connectivity index (χ1n) is 10.4. The summed E-state index contributed by atoms with van der Waals surface area (Å²) in [6, 6.07) is 16.9. The molecule has 2 fully saturated rings. The molecule has 2 aromatic rings. The number of carbonyl (C=O) groups excluding carboxylic acids is 1. The van der Waals surface area contributed by atoms with Crippen LogP contribution in [0.3, 0.4) is 0 Å². The summed E-state index contributed by atoms with van der Waals surface area (Å²) in [7, 11) is -3.61. The van der Waals surface area contributed by atoms with Gasteiger partial charge in [0, 0.05) is 6.54 Å². The molecule has 7 heteroatoms. The maximum Gasteiger partial charge on any atom is 0.306 e. The van der Waals surface area contributed by atoms with Gasteiger partial charge in [-0.1, -0.05) is 42.5 Å². The van der Waals surface area contributed by atoms with Crippen LogP contribution in [-0.2, 0) is 20.3 Å². The van der Waals surface area contributed by atoms with Crippen LogP contribution in [-0.4, -0.2) is 45.1 Å². The highest BCUT2D eigenvalue weighted by Gasteiger charge is 2.52. The lowest BCUT2D eigenvalue weighted by molar-refractivity contribution is -0.124. The van der Waals surface area contributed by atoms with E-state index in [9.17, 15) is 13.2 Å². The van der Waals surface area contributed by atoms with Crippen molar-refractivity contribution in [3.63, 3.8) is 0 Å². The first-order chi connectivity index (χ1) is 14.4. The van der Waals surface area contributed by atoms with Crippen molar-refractivity contribution in [1.29, 1.82) is 0 Å². The predicted molar refractivity (Wildman–Crippen MR) is 116 cm³/mol. The average Bonchev–Trinajstić information content (AvgIpc) is 3.37. The molecule has 1 N–H and O–H groups in total. The summed E-state index contributed by atoms with van der Waals surface area (Å²) in [6.45, 7) is 2.92. The Bertz CT molecular complexity index is 997. The molecule has 2 aromatic carbocycles. The van der Waals surface area contributed by atoms with Crippen LogP contribution in [0, 0.1) is 0 Å². The second-order valence-corrected chi connectivity index (χ2v) is 9.92. The van der Waals surface area contributed by atoms with E-state index in [2.05, 4.69) is 22.3 Å². The first-order valence-corrected chi connectivity index (χ1v) is 12.3. The standard InChI is InChI=1S/C23H28N2O4S/c1-30(27,28)29-20-11-7-10-19(16-20)23(12-13-23)22(26)24-21(17-25-14-5-6-15-25)18-8-3-2-4-9-18/h2-4,7-11,16,21H,5-6,12-15,17H2,1H3,(H,24,26). The summed E-state index contributed by atoms with van der Waals surface area (Å²) in [4.78, 5) is 15.8. The molecule has 1 saturated carbocycles. The highest BCUT2D eigenvalue weighted by atomic mass is 32.2. The van der Waals surface area contributed by atoms with Crippen molar-refractivity contribution in [2.45, 2.75) is 37.1 Å². The van der Waals surface area contributed by atoms with Gasteiger partial charge < -0.3 is 14.4 Å². The molecule has 1 saturated heterocycles. The fourth-order valence-electron chi connectivity index (χ4n) is 4.23. The van der Waals surface area contributed by atoms with Gasteiger partial charge in [-0.3, -0.25) is 4.79 Å². The molecule has 1 heterocycles. The third-order valence-electron chi connectivity index (χ3n) is 5.97. The Kier molecular flexibility index (Phi) is 5.84. The molecule has 1 aliphatic heterocycles. The topological polar surface area (TPSA) is 75.7 Å². The lowest BCUT2D eigenvalue weighted by atomic mass is 9.93. The number of hydrogen-bond acceptors (Lipinski definition) is 5. The van der Waals surface area contributed by atoms with Gasteiger partial charge in [0.1, 0.15) is 5.75 Å². The Morgan fingerprint density at radius 3 is 2.43 bits per heavy atom. The number of carbonyl (C=O) groups is 1. The van der Waals surface area contributed by atoms with Crippen molar-refractivity contribution < 1.29 is 17.4 Å². The van der Waals surface area contributed by atoms with Gasteiger partial charge in [0.2, 0.25) is 5.91 Å². The molecular formula is C23H28N2O4S. The smallest absolute Gasteiger partial charge is 0.306 e. The van der Waals surface area contributed by atoms with Crippen molar-refractivity contribution in [3.05, 3.63) is 65.7 Å². The third kappa shape index (κ3) is 4.84. The Balaban J connectivity index is 1.54. The molecule has 1 unspecified atom stereocenters. The second-order valence-electron chi connectivity index (χ2n) is 8.34. The molecular weight excluding hydrogens is 400 g/mol. The van der Waals surface area contributed by atoms with Crippen LogP contribution in [0.1, 0.15) is 42.9 Å². The van der Waals surface area contributed by atoms with E-state index in [1.165, 1.54) is 12.8 Å². The van der Waals surface area contributed by atoms with E-state index in [4.69, 9.17) is 4.18 Å². The Morgan fingerprint density at radius 2 is 1.80 bits per heavy atom. The van der Waals surface area contributed by atoms with Gasteiger partial charge >= 0.3 is 10.1 Å². The van der Waals surface area contributed by atoms with Crippen LogP contribution >= 0.6 is 0 Å². The van der Waals surface area contributed by atoms with Crippen molar-refractivity contribution >= 4 is 16.0 Å². The van der Waals surface area contributed by atoms with Gasteiger partial charge in [0.15, 0.2) is 0 Å². The minimum Gasteiger partial charge on any atom is -0.383 e. The Morgan fingerprint density at radius 1 is 1.10 bits per heavy atom. The second kappa shape index (κ2) is 8.40. The van der Waals surface area contributed by atoms with Crippen molar-refractivity contribution in [3.8, 4) is 5.75 Å². The van der Waals surface area contributed by atoms with Crippen LogP contribution < -0.4 is 9.50 Å². The van der Waals surface area contributed by atoms with E-state index in [0.717, 1.165) is 49.9 Å². The molecule has 0 aromatic heterocycles. The number of hydrogen-bond donors (Lipinski definition) is 1. The van der Waals surface area contributed by atoms with E-state index < -0.39 is 15.5 Å². The summed E-state index contributed by atoms with van der Waals surface area (Å²) in [5.74, 6) is 0.234. The summed E-state index contributed by atoms with van der Waals surface area (Å²) in [6.07, 6.45) is 4.90. The van der Waals surface area contributed by atoms with Crippen LogP contribution in [0.4, 0.5) is 0 Å². The molecule has 4 rings (SSSR count). The number of amides is 1. The molecule has 6 nitrogen and oxygen atoms in total. The molecule has 0 bridgehead atoms. The SMILES string of the molecule is CS(=O)(=O)Oc1cccc(C2(C(=O)NC(CN3CCCC3)c3ccccc3)CC2)c1. The van der Waals surface area contributed by atoms with Gasteiger partial charge in [-0.15, -0.1) is 0 Å². The van der Waals surface area contributed by atoms with Gasteiger partial charge in [0.05, 0.1) is 17.7 Å². The molecule has 1 amide bonds. The quantitative estimate of drug-likeness (QED) is 0.654. The summed E-state index contributed by atoms with van der Waals surface area (Å²) >= 11 is 0. The third-order valence-corrected chi connectivity index (χ3v) is 6.46. The van der Waals surface area contributed by atoms with Gasteiger partial charge in [-0.25, -0.2) is 0 Å². The van der Waals surface area contributed by atoms with Crippen molar-refractivity contribution in [2.24, 2.45) is 0 Å².